The third kappa shape index (κ3) is 4.98. The quantitative estimate of drug-likeness (QED) is 0.644. The van der Waals surface area contributed by atoms with Crippen LogP contribution in [0.3, 0.4) is 0 Å². The molecule has 0 aliphatic rings. The van der Waals surface area contributed by atoms with Gasteiger partial charge in [0.05, 0.1) is 17.2 Å². The number of hydrogen-bond donors (Lipinski definition) is 0. The molecule has 0 saturated carbocycles. The first kappa shape index (κ1) is 12.3. The minimum absolute atomic E-state index is 0.175. The minimum atomic E-state index is -0.175. The standard InChI is InChI=1S/C11H12Cl2N2/c1-11(2,3)15-7-14-10-5-8(12)4-9(13)6-10/h4-6H,1-3H3. The van der Waals surface area contributed by atoms with Gasteiger partial charge in [0.25, 0.3) is 0 Å². The fourth-order valence-corrected chi connectivity index (χ4v) is 1.35. The highest BCUT2D eigenvalue weighted by Crippen LogP contribution is 2.24. The first-order valence-corrected chi connectivity index (χ1v) is 5.26. The van der Waals surface area contributed by atoms with Crippen LogP contribution in [0.15, 0.2) is 28.2 Å². The summed E-state index contributed by atoms with van der Waals surface area (Å²) in [4.78, 5) is 8.14. The molecule has 0 spiro atoms. The second kappa shape index (κ2) is 4.80. The van der Waals surface area contributed by atoms with Crippen molar-refractivity contribution in [2.75, 3.05) is 0 Å². The van der Waals surface area contributed by atoms with Gasteiger partial charge in [-0.05, 0) is 39.0 Å². The van der Waals surface area contributed by atoms with Gasteiger partial charge >= 0.3 is 0 Å². The van der Waals surface area contributed by atoms with Gasteiger partial charge < -0.3 is 0 Å². The van der Waals surface area contributed by atoms with Crippen molar-refractivity contribution < 1.29 is 0 Å². The molecule has 0 atom stereocenters. The first-order valence-electron chi connectivity index (χ1n) is 4.50. The molecule has 0 radical (unpaired) electrons. The molecular weight excluding hydrogens is 231 g/mol. The highest BCUT2D eigenvalue weighted by atomic mass is 35.5. The van der Waals surface area contributed by atoms with E-state index in [1.165, 1.54) is 0 Å². The summed E-state index contributed by atoms with van der Waals surface area (Å²) in [5, 5.41) is 1.11. The van der Waals surface area contributed by atoms with Gasteiger partial charge in [-0.3, -0.25) is 0 Å². The van der Waals surface area contributed by atoms with Crippen molar-refractivity contribution >= 4 is 34.9 Å². The summed E-state index contributed by atoms with van der Waals surface area (Å²) in [5.41, 5.74) is 0.479. The summed E-state index contributed by atoms with van der Waals surface area (Å²) in [6, 6.07) is 7.70. The van der Waals surface area contributed by atoms with Gasteiger partial charge in [0.1, 0.15) is 0 Å². The zero-order valence-corrected chi connectivity index (χ0v) is 10.4. The van der Waals surface area contributed by atoms with Gasteiger partial charge in [-0.2, -0.15) is 4.99 Å². The summed E-state index contributed by atoms with van der Waals surface area (Å²) in [6.07, 6.45) is 0. The molecule has 2 nitrogen and oxygen atoms in total. The highest BCUT2D eigenvalue weighted by molar-refractivity contribution is 6.35. The van der Waals surface area contributed by atoms with E-state index in [9.17, 15) is 0 Å². The summed E-state index contributed by atoms with van der Waals surface area (Å²) in [5.74, 6) is 0. The average molecular weight is 243 g/mol. The van der Waals surface area contributed by atoms with Crippen LogP contribution >= 0.6 is 23.2 Å². The molecule has 0 amide bonds. The Hall–Kier alpha value is -0.820. The van der Waals surface area contributed by atoms with Crippen LogP contribution in [0.4, 0.5) is 5.69 Å². The molecule has 0 bridgehead atoms. The number of halogens is 2. The Morgan fingerprint density at radius 2 is 1.60 bits per heavy atom. The molecule has 1 aromatic carbocycles. The monoisotopic (exact) mass is 242 g/mol. The molecule has 4 heteroatoms. The summed E-state index contributed by atoms with van der Waals surface area (Å²) in [6.45, 7) is 5.92. The van der Waals surface area contributed by atoms with Crippen LogP contribution in [0.1, 0.15) is 20.8 Å². The lowest BCUT2D eigenvalue weighted by Crippen LogP contribution is -2.07. The Kier molecular flexibility index (Phi) is 3.92. The lowest BCUT2D eigenvalue weighted by molar-refractivity contribution is 0.587. The second-order valence-electron chi connectivity index (χ2n) is 4.12. The second-order valence-corrected chi connectivity index (χ2v) is 4.99. The van der Waals surface area contributed by atoms with Gasteiger partial charge in [0.15, 0.2) is 0 Å². The molecular formula is C11H12Cl2N2. The average Bonchev–Trinajstić information content (AvgIpc) is 1.99. The van der Waals surface area contributed by atoms with Crippen LogP contribution in [0.5, 0.6) is 0 Å². The molecule has 0 saturated heterocycles. The third-order valence-corrected chi connectivity index (χ3v) is 1.85. The smallest absolute Gasteiger partial charge is 0.0954 e. The van der Waals surface area contributed by atoms with Crippen LogP contribution < -0.4 is 0 Å². The summed E-state index contributed by atoms with van der Waals surface area (Å²) >= 11 is 11.6. The summed E-state index contributed by atoms with van der Waals surface area (Å²) < 4.78 is 0. The number of aliphatic imine (C=N–C) groups is 2. The largest absolute Gasteiger partial charge is 0.219 e. The molecule has 0 heterocycles. The molecule has 0 fully saturated rings. The van der Waals surface area contributed by atoms with E-state index in [-0.39, 0.29) is 5.54 Å². The zero-order valence-electron chi connectivity index (χ0n) is 8.88. The molecule has 0 unspecified atom stereocenters. The molecule has 0 aliphatic heterocycles. The Morgan fingerprint density at radius 3 is 2.07 bits per heavy atom. The van der Waals surface area contributed by atoms with Crippen molar-refractivity contribution in [2.24, 2.45) is 9.98 Å². The van der Waals surface area contributed by atoms with Crippen molar-refractivity contribution in [1.29, 1.82) is 0 Å². The summed E-state index contributed by atoms with van der Waals surface area (Å²) in [7, 11) is 0. The Bertz CT molecular complexity index is 393. The Balaban J connectivity index is 2.95. The molecule has 0 aliphatic carbocycles. The molecule has 0 aromatic heterocycles. The van der Waals surface area contributed by atoms with E-state index in [0.717, 1.165) is 0 Å². The van der Waals surface area contributed by atoms with Crippen molar-refractivity contribution in [2.45, 2.75) is 26.3 Å². The van der Waals surface area contributed by atoms with E-state index in [1.807, 2.05) is 20.8 Å². The molecule has 80 valence electrons. The normalized spacial score (nSPS) is 10.7. The lowest BCUT2D eigenvalue weighted by atomic mass is 10.1. The highest BCUT2D eigenvalue weighted by Gasteiger charge is 2.04. The topological polar surface area (TPSA) is 24.7 Å². The van der Waals surface area contributed by atoms with E-state index in [2.05, 4.69) is 16.0 Å². The predicted octanol–water partition coefficient (Wildman–Crippen LogP) is 4.60. The number of hydrogen-bond acceptors (Lipinski definition) is 2. The van der Waals surface area contributed by atoms with Crippen LogP contribution in [-0.2, 0) is 0 Å². The third-order valence-electron chi connectivity index (χ3n) is 1.41. The first-order chi connectivity index (χ1) is 6.87. The van der Waals surface area contributed by atoms with Gasteiger partial charge in [-0.1, -0.05) is 23.2 Å². The van der Waals surface area contributed by atoms with Crippen molar-refractivity contribution in [3.63, 3.8) is 0 Å². The fraction of sp³-hybridized carbons (Fsp3) is 0.364. The van der Waals surface area contributed by atoms with Crippen LogP contribution in [0.25, 0.3) is 0 Å². The zero-order chi connectivity index (χ0) is 11.5. The van der Waals surface area contributed by atoms with Gasteiger partial charge in [0.2, 0.25) is 0 Å². The van der Waals surface area contributed by atoms with E-state index >= 15 is 0 Å². The van der Waals surface area contributed by atoms with Crippen molar-refractivity contribution in [1.82, 2.24) is 0 Å². The van der Waals surface area contributed by atoms with E-state index in [0.29, 0.717) is 15.7 Å². The molecule has 1 rings (SSSR count). The van der Waals surface area contributed by atoms with Crippen molar-refractivity contribution in [3.8, 4) is 0 Å². The predicted molar refractivity (Wildman–Crippen MR) is 65.7 cm³/mol. The number of rotatable bonds is 1. The number of benzene rings is 1. The molecule has 0 N–H and O–H groups in total. The van der Waals surface area contributed by atoms with Crippen LogP contribution in [0.2, 0.25) is 10.0 Å². The van der Waals surface area contributed by atoms with Crippen LogP contribution in [0, 0.1) is 0 Å². The SMILES string of the molecule is CC(C)(C)N=C=Nc1cc(Cl)cc(Cl)c1. The lowest BCUT2D eigenvalue weighted by Gasteiger charge is -2.06. The van der Waals surface area contributed by atoms with Crippen LogP contribution in [-0.4, -0.2) is 11.5 Å². The van der Waals surface area contributed by atoms with E-state index in [1.54, 1.807) is 18.2 Å². The van der Waals surface area contributed by atoms with E-state index < -0.39 is 0 Å². The maximum absolute atomic E-state index is 5.82. The van der Waals surface area contributed by atoms with Gasteiger partial charge in [-0.15, -0.1) is 0 Å². The minimum Gasteiger partial charge on any atom is -0.219 e. The van der Waals surface area contributed by atoms with E-state index in [4.69, 9.17) is 23.2 Å². The Morgan fingerprint density at radius 1 is 1.07 bits per heavy atom. The molecule has 1 aromatic rings. The van der Waals surface area contributed by atoms with Gasteiger partial charge in [0, 0.05) is 10.0 Å². The fourth-order valence-electron chi connectivity index (χ4n) is 0.837. The Labute approximate surface area is 99.7 Å². The maximum Gasteiger partial charge on any atom is 0.0954 e. The van der Waals surface area contributed by atoms with Gasteiger partial charge in [-0.25, -0.2) is 4.99 Å². The molecule has 15 heavy (non-hydrogen) atoms. The maximum atomic E-state index is 5.82. The number of nitrogens with zero attached hydrogens (tertiary/aromatic N) is 2. The van der Waals surface area contributed by atoms with Crippen molar-refractivity contribution in [3.05, 3.63) is 28.2 Å².